The van der Waals surface area contributed by atoms with Gasteiger partial charge in [0.05, 0.1) is 22.9 Å². The first-order valence-electron chi connectivity index (χ1n) is 7.56. The van der Waals surface area contributed by atoms with Gasteiger partial charge in [-0.2, -0.15) is 5.26 Å². The number of ether oxygens (including phenoxy) is 1. The predicted molar refractivity (Wildman–Crippen MR) is 98.0 cm³/mol. The number of anilines is 2. The summed E-state index contributed by atoms with van der Waals surface area (Å²) in [5, 5.41) is 15.6. The van der Waals surface area contributed by atoms with Gasteiger partial charge in [0.1, 0.15) is 11.1 Å². The molecule has 2 heterocycles. The van der Waals surface area contributed by atoms with Gasteiger partial charge < -0.3 is 15.4 Å². The Morgan fingerprint density at radius 1 is 1.31 bits per heavy atom. The summed E-state index contributed by atoms with van der Waals surface area (Å²) in [5.41, 5.74) is 1.07. The molecule has 7 nitrogen and oxygen atoms in total. The summed E-state index contributed by atoms with van der Waals surface area (Å²) in [6, 6.07) is 10.9. The molecule has 2 amide bonds. The maximum absolute atomic E-state index is 12.1. The molecule has 3 rings (SSSR count). The van der Waals surface area contributed by atoms with Crippen molar-refractivity contribution >= 4 is 51.6 Å². The quantitative estimate of drug-likeness (QED) is 0.764. The van der Waals surface area contributed by atoms with Gasteiger partial charge in [-0.1, -0.05) is 12.1 Å². The molecule has 0 radical (unpaired) electrons. The van der Waals surface area contributed by atoms with Crippen molar-refractivity contribution in [3.63, 3.8) is 0 Å². The van der Waals surface area contributed by atoms with Crippen molar-refractivity contribution in [2.45, 2.75) is 16.6 Å². The number of nitrogens with one attached hydrogen (secondary N) is 2. The molecule has 0 bridgehead atoms. The van der Waals surface area contributed by atoms with Crippen LogP contribution in [0.3, 0.4) is 0 Å². The molecule has 0 spiro atoms. The molecule has 9 heteroatoms. The van der Waals surface area contributed by atoms with Crippen molar-refractivity contribution in [3.05, 3.63) is 41.3 Å². The zero-order valence-electron chi connectivity index (χ0n) is 13.4. The summed E-state index contributed by atoms with van der Waals surface area (Å²) in [6.07, 6.45) is -0.138. The van der Waals surface area contributed by atoms with Gasteiger partial charge in [0.15, 0.2) is 6.61 Å². The Labute approximate surface area is 157 Å². The van der Waals surface area contributed by atoms with Crippen LogP contribution in [-0.2, 0) is 19.1 Å². The van der Waals surface area contributed by atoms with E-state index in [9.17, 15) is 14.4 Å². The highest BCUT2D eigenvalue weighted by Crippen LogP contribution is 2.36. The fourth-order valence-electron chi connectivity index (χ4n) is 2.24. The number of fused-ring (bicyclic) bond motifs is 1. The molecule has 0 aliphatic carbocycles. The second kappa shape index (κ2) is 8.03. The molecule has 1 aliphatic heterocycles. The number of thiophene rings is 1. The summed E-state index contributed by atoms with van der Waals surface area (Å²) in [6.45, 7) is -0.475. The van der Waals surface area contributed by atoms with Crippen LogP contribution in [0.2, 0.25) is 0 Å². The van der Waals surface area contributed by atoms with E-state index in [1.165, 1.54) is 23.1 Å². The van der Waals surface area contributed by atoms with Crippen molar-refractivity contribution in [1.82, 2.24) is 0 Å². The molecule has 1 aromatic carbocycles. The lowest BCUT2D eigenvalue weighted by molar-refractivity contribution is -0.147. The Hall–Kier alpha value is -2.83. The van der Waals surface area contributed by atoms with Crippen LogP contribution in [0.25, 0.3) is 0 Å². The SMILES string of the molecule is N#Cc1ccsc1NC(=O)COC(=O)C[C@H]1Sc2ccccc2NC1=O. The van der Waals surface area contributed by atoms with Gasteiger partial charge in [-0.25, -0.2) is 0 Å². The van der Waals surface area contributed by atoms with Crippen LogP contribution in [0, 0.1) is 11.3 Å². The molecule has 1 atom stereocenters. The van der Waals surface area contributed by atoms with Crippen molar-refractivity contribution in [2.24, 2.45) is 0 Å². The first-order valence-corrected chi connectivity index (χ1v) is 9.32. The number of amides is 2. The number of carbonyl (C=O) groups is 3. The number of benzene rings is 1. The molecule has 0 saturated carbocycles. The van der Waals surface area contributed by atoms with E-state index in [1.807, 2.05) is 24.3 Å². The molecular weight excluding hydrogens is 374 g/mol. The van der Waals surface area contributed by atoms with Crippen LogP contribution >= 0.6 is 23.1 Å². The highest BCUT2D eigenvalue weighted by atomic mass is 32.2. The number of nitrogens with zero attached hydrogens (tertiary/aromatic N) is 1. The second-order valence-electron chi connectivity index (χ2n) is 5.28. The number of hydrogen-bond acceptors (Lipinski definition) is 7. The van der Waals surface area contributed by atoms with E-state index in [0.29, 0.717) is 10.6 Å². The molecule has 1 aliphatic rings. The minimum absolute atomic E-state index is 0.138. The number of thioether (sulfide) groups is 1. The monoisotopic (exact) mass is 387 g/mol. The Bertz CT molecular complexity index is 903. The first kappa shape index (κ1) is 18.0. The fourth-order valence-corrected chi connectivity index (χ4v) is 4.09. The Kier molecular flexibility index (Phi) is 5.55. The summed E-state index contributed by atoms with van der Waals surface area (Å²) >= 11 is 2.50. The number of nitriles is 1. The van der Waals surface area contributed by atoms with E-state index in [-0.39, 0.29) is 12.3 Å². The standard InChI is InChI=1S/C17H13N3O4S2/c18-8-10-5-6-25-17(10)20-14(21)9-24-15(22)7-13-16(23)19-11-3-1-2-4-12(11)26-13/h1-6,13H,7,9H2,(H,19,23)(H,20,21)/t13-/m1/s1. The summed E-state index contributed by atoms with van der Waals surface area (Å²) in [7, 11) is 0. The molecule has 1 aromatic heterocycles. The number of hydrogen-bond donors (Lipinski definition) is 2. The topological polar surface area (TPSA) is 108 Å². The first-order chi connectivity index (χ1) is 12.6. The molecule has 2 N–H and O–H groups in total. The Morgan fingerprint density at radius 2 is 2.12 bits per heavy atom. The number of para-hydroxylation sites is 1. The van der Waals surface area contributed by atoms with Crippen LogP contribution in [0.4, 0.5) is 10.7 Å². The molecule has 2 aromatic rings. The van der Waals surface area contributed by atoms with Gasteiger partial charge in [0.2, 0.25) is 5.91 Å². The molecule has 0 unspecified atom stereocenters. The van der Waals surface area contributed by atoms with E-state index < -0.39 is 23.7 Å². The fraction of sp³-hybridized carbons (Fsp3) is 0.176. The van der Waals surface area contributed by atoms with Gasteiger partial charge in [0.25, 0.3) is 5.91 Å². The van der Waals surface area contributed by atoms with Crippen LogP contribution in [-0.4, -0.2) is 29.6 Å². The minimum Gasteiger partial charge on any atom is -0.456 e. The highest BCUT2D eigenvalue weighted by molar-refractivity contribution is 8.01. The molecular formula is C17H13N3O4S2. The molecule has 132 valence electrons. The Balaban J connectivity index is 1.49. The maximum Gasteiger partial charge on any atom is 0.307 e. The zero-order valence-corrected chi connectivity index (χ0v) is 15.0. The van der Waals surface area contributed by atoms with E-state index in [2.05, 4.69) is 10.6 Å². The van der Waals surface area contributed by atoms with Gasteiger partial charge in [-0.3, -0.25) is 14.4 Å². The normalized spacial score (nSPS) is 15.3. The van der Waals surface area contributed by atoms with Crippen LogP contribution in [0.5, 0.6) is 0 Å². The van der Waals surface area contributed by atoms with Crippen LogP contribution in [0.15, 0.2) is 40.6 Å². The minimum atomic E-state index is -0.640. The average Bonchev–Trinajstić information content (AvgIpc) is 3.07. The van der Waals surface area contributed by atoms with Gasteiger partial charge >= 0.3 is 5.97 Å². The summed E-state index contributed by atoms with van der Waals surface area (Å²) in [4.78, 5) is 36.7. The smallest absolute Gasteiger partial charge is 0.307 e. The van der Waals surface area contributed by atoms with Crippen LogP contribution < -0.4 is 10.6 Å². The third-order valence-corrected chi connectivity index (χ3v) is 5.57. The molecule has 0 fully saturated rings. The van der Waals surface area contributed by atoms with E-state index >= 15 is 0 Å². The van der Waals surface area contributed by atoms with Gasteiger partial charge in [0, 0.05) is 4.90 Å². The molecule has 26 heavy (non-hydrogen) atoms. The lowest BCUT2D eigenvalue weighted by Gasteiger charge is -2.23. The van der Waals surface area contributed by atoms with Gasteiger partial charge in [-0.15, -0.1) is 23.1 Å². The largest absolute Gasteiger partial charge is 0.456 e. The Morgan fingerprint density at radius 3 is 2.92 bits per heavy atom. The summed E-state index contributed by atoms with van der Waals surface area (Å²) < 4.78 is 4.94. The zero-order chi connectivity index (χ0) is 18.5. The number of rotatable bonds is 5. The lowest BCUT2D eigenvalue weighted by atomic mass is 10.2. The van der Waals surface area contributed by atoms with Crippen molar-refractivity contribution < 1.29 is 19.1 Å². The lowest BCUT2D eigenvalue weighted by Crippen LogP contribution is -2.32. The van der Waals surface area contributed by atoms with Crippen LogP contribution in [0.1, 0.15) is 12.0 Å². The predicted octanol–water partition coefficient (Wildman–Crippen LogP) is 2.60. The van der Waals surface area contributed by atoms with Crippen molar-refractivity contribution in [2.75, 3.05) is 17.2 Å². The maximum atomic E-state index is 12.1. The van der Waals surface area contributed by atoms with Crippen molar-refractivity contribution in [3.8, 4) is 6.07 Å². The second-order valence-corrected chi connectivity index (χ2v) is 7.44. The summed E-state index contributed by atoms with van der Waals surface area (Å²) in [5.74, 6) is -1.45. The van der Waals surface area contributed by atoms with E-state index in [1.54, 1.807) is 17.5 Å². The number of esters is 1. The van der Waals surface area contributed by atoms with E-state index in [0.717, 1.165) is 10.6 Å². The number of carbonyl (C=O) groups excluding carboxylic acids is 3. The molecule has 0 saturated heterocycles. The van der Waals surface area contributed by atoms with E-state index in [4.69, 9.17) is 10.00 Å². The van der Waals surface area contributed by atoms with Crippen molar-refractivity contribution in [1.29, 1.82) is 5.26 Å². The highest BCUT2D eigenvalue weighted by Gasteiger charge is 2.29. The third-order valence-electron chi connectivity index (χ3n) is 3.46. The van der Waals surface area contributed by atoms with Gasteiger partial charge in [-0.05, 0) is 23.6 Å². The average molecular weight is 387 g/mol. The third kappa shape index (κ3) is 4.22.